The average Bonchev–Trinajstić information content (AvgIpc) is 2.38. The highest BCUT2D eigenvalue weighted by molar-refractivity contribution is 7.80. The van der Waals surface area contributed by atoms with Gasteiger partial charge >= 0.3 is 0 Å². The number of anilines is 2. The Bertz CT molecular complexity index is 422. The van der Waals surface area contributed by atoms with E-state index in [0.717, 1.165) is 36.4 Å². The first kappa shape index (κ1) is 14.1. The average molecular weight is 278 g/mol. The van der Waals surface area contributed by atoms with Crippen LogP contribution in [0.5, 0.6) is 0 Å². The molecule has 1 saturated heterocycles. The molecule has 0 bridgehead atoms. The van der Waals surface area contributed by atoms with Gasteiger partial charge in [-0.25, -0.2) is 4.98 Å². The first-order valence-electron chi connectivity index (χ1n) is 6.78. The standard InChI is InChI=1S/C14H22N4S/c1-10-6-11(2)9-18(8-10)13-5-4-12(7-16-13)17-14(19)15-3/h4-5,7,10-11H,6,8-9H2,1-3H3,(H2,15,17,19)/t10-,11-/m0/s1. The smallest absolute Gasteiger partial charge is 0.170 e. The zero-order valence-electron chi connectivity index (χ0n) is 11.8. The first-order chi connectivity index (χ1) is 9.08. The molecular formula is C14H22N4S. The van der Waals surface area contributed by atoms with Gasteiger partial charge in [0.15, 0.2) is 5.11 Å². The number of aromatic nitrogens is 1. The van der Waals surface area contributed by atoms with Crippen LogP contribution in [0.4, 0.5) is 11.5 Å². The Labute approximate surface area is 120 Å². The van der Waals surface area contributed by atoms with Crippen molar-refractivity contribution in [3.8, 4) is 0 Å². The molecule has 4 nitrogen and oxygen atoms in total. The number of rotatable bonds is 2. The second-order valence-electron chi connectivity index (χ2n) is 5.46. The number of piperidine rings is 1. The lowest BCUT2D eigenvalue weighted by molar-refractivity contribution is 0.355. The van der Waals surface area contributed by atoms with E-state index >= 15 is 0 Å². The van der Waals surface area contributed by atoms with Gasteiger partial charge in [0.2, 0.25) is 0 Å². The zero-order valence-corrected chi connectivity index (χ0v) is 12.6. The van der Waals surface area contributed by atoms with Crippen LogP contribution in [0.3, 0.4) is 0 Å². The van der Waals surface area contributed by atoms with Gasteiger partial charge in [-0.1, -0.05) is 13.8 Å². The maximum atomic E-state index is 5.07. The largest absolute Gasteiger partial charge is 0.366 e. The fraction of sp³-hybridized carbons (Fsp3) is 0.571. The fourth-order valence-corrected chi connectivity index (χ4v) is 2.81. The van der Waals surface area contributed by atoms with Gasteiger partial charge in [-0.2, -0.15) is 0 Å². The first-order valence-corrected chi connectivity index (χ1v) is 7.19. The van der Waals surface area contributed by atoms with Gasteiger partial charge < -0.3 is 15.5 Å². The maximum absolute atomic E-state index is 5.07. The molecule has 0 radical (unpaired) electrons. The lowest BCUT2D eigenvalue weighted by Crippen LogP contribution is -2.39. The highest BCUT2D eigenvalue weighted by Gasteiger charge is 2.22. The third kappa shape index (κ3) is 3.80. The predicted molar refractivity (Wildman–Crippen MR) is 84.7 cm³/mol. The minimum absolute atomic E-state index is 0.606. The van der Waals surface area contributed by atoms with Gasteiger partial charge in [0, 0.05) is 20.1 Å². The number of nitrogens with zero attached hydrogens (tertiary/aromatic N) is 2. The summed E-state index contributed by atoms with van der Waals surface area (Å²) < 4.78 is 0. The summed E-state index contributed by atoms with van der Waals surface area (Å²) in [4.78, 5) is 6.91. The molecule has 0 spiro atoms. The van der Waals surface area contributed by atoms with Gasteiger partial charge in [0.25, 0.3) is 0 Å². The SMILES string of the molecule is CNC(=S)Nc1ccc(N2C[C@@H](C)C[C@H](C)C2)nc1. The van der Waals surface area contributed by atoms with Crippen LogP contribution in [0.15, 0.2) is 18.3 Å². The molecule has 1 aromatic heterocycles. The van der Waals surface area contributed by atoms with Crippen LogP contribution in [-0.2, 0) is 0 Å². The molecule has 2 rings (SSSR count). The van der Waals surface area contributed by atoms with Crippen LogP contribution in [-0.4, -0.2) is 30.2 Å². The molecule has 2 atom stereocenters. The normalized spacial score (nSPS) is 23.0. The van der Waals surface area contributed by atoms with Gasteiger partial charge in [-0.05, 0) is 42.6 Å². The number of hydrogen-bond acceptors (Lipinski definition) is 3. The Hall–Kier alpha value is -1.36. The summed E-state index contributed by atoms with van der Waals surface area (Å²) in [6.45, 7) is 6.81. The van der Waals surface area contributed by atoms with Crippen molar-refractivity contribution in [1.82, 2.24) is 10.3 Å². The molecule has 0 aliphatic carbocycles. The Balaban J connectivity index is 2.03. The van der Waals surface area contributed by atoms with Crippen LogP contribution in [0.1, 0.15) is 20.3 Å². The second kappa shape index (κ2) is 6.19. The van der Waals surface area contributed by atoms with Crippen molar-refractivity contribution in [2.24, 2.45) is 11.8 Å². The van der Waals surface area contributed by atoms with Crippen LogP contribution in [0.25, 0.3) is 0 Å². The summed E-state index contributed by atoms with van der Waals surface area (Å²) in [6, 6.07) is 4.08. The minimum atomic E-state index is 0.606. The fourth-order valence-electron chi connectivity index (χ4n) is 2.69. The van der Waals surface area contributed by atoms with Crippen molar-refractivity contribution in [2.45, 2.75) is 20.3 Å². The highest BCUT2D eigenvalue weighted by Crippen LogP contribution is 2.25. The molecule has 0 unspecified atom stereocenters. The Kier molecular flexibility index (Phi) is 4.58. The summed E-state index contributed by atoms with van der Waals surface area (Å²) in [5.41, 5.74) is 0.918. The Morgan fingerprint density at radius 3 is 2.53 bits per heavy atom. The summed E-state index contributed by atoms with van der Waals surface area (Å²) >= 11 is 5.07. The number of nitrogens with one attached hydrogen (secondary N) is 2. The molecule has 1 aromatic rings. The molecule has 1 fully saturated rings. The second-order valence-corrected chi connectivity index (χ2v) is 5.87. The topological polar surface area (TPSA) is 40.2 Å². The molecule has 5 heteroatoms. The van der Waals surface area contributed by atoms with E-state index in [1.165, 1.54) is 6.42 Å². The van der Waals surface area contributed by atoms with E-state index in [1.807, 2.05) is 12.3 Å². The predicted octanol–water partition coefficient (Wildman–Crippen LogP) is 2.48. The molecule has 0 saturated carbocycles. The number of pyridine rings is 1. The van der Waals surface area contributed by atoms with Gasteiger partial charge in [0.05, 0.1) is 11.9 Å². The Morgan fingerprint density at radius 2 is 2.00 bits per heavy atom. The lowest BCUT2D eigenvalue weighted by atomic mass is 9.92. The quantitative estimate of drug-likeness (QED) is 0.813. The molecular weight excluding hydrogens is 256 g/mol. The van der Waals surface area contributed by atoms with Crippen molar-refractivity contribution in [3.63, 3.8) is 0 Å². The highest BCUT2D eigenvalue weighted by atomic mass is 32.1. The third-order valence-corrected chi connectivity index (χ3v) is 3.73. The molecule has 0 aromatic carbocycles. The Morgan fingerprint density at radius 1 is 1.32 bits per heavy atom. The summed E-state index contributed by atoms with van der Waals surface area (Å²) in [6.07, 6.45) is 3.15. The van der Waals surface area contributed by atoms with Crippen molar-refractivity contribution in [1.29, 1.82) is 0 Å². The molecule has 19 heavy (non-hydrogen) atoms. The van der Waals surface area contributed by atoms with E-state index in [9.17, 15) is 0 Å². The number of hydrogen-bond donors (Lipinski definition) is 2. The van der Waals surface area contributed by atoms with Crippen molar-refractivity contribution in [3.05, 3.63) is 18.3 Å². The molecule has 2 N–H and O–H groups in total. The monoisotopic (exact) mass is 278 g/mol. The van der Waals surface area contributed by atoms with Gasteiger partial charge in [0.1, 0.15) is 5.82 Å². The van der Waals surface area contributed by atoms with E-state index < -0.39 is 0 Å². The van der Waals surface area contributed by atoms with Crippen molar-refractivity contribution in [2.75, 3.05) is 30.4 Å². The minimum Gasteiger partial charge on any atom is -0.366 e. The van der Waals surface area contributed by atoms with Crippen LogP contribution in [0.2, 0.25) is 0 Å². The van der Waals surface area contributed by atoms with Crippen LogP contribution in [0, 0.1) is 11.8 Å². The van der Waals surface area contributed by atoms with Crippen molar-refractivity contribution < 1.29 is 0 Å². The summed E-state index contributed by atoms with van der Waals surface area (Å²) in [5, 5.41) is 6.57. The molecule has 1 aliphatic rings. The molecule has 2 heterocycles. The maximum Gasteiger partial charge on any atom is 0.170 e. The summed E-state index contributed by atoms with van der Waals surface area (Å²) in [7, 11) is 1.80. The number of thiocarbonyl (C=S) groups is 1. The lowest BCUT2D eigenvalue weighted by Gasteiger charge is -2.35. The van der Waals surface area contributed by atoms with E-state index in [2.05, 4.69) is 40.4 Å². The van der Waals surface area contributed by atoms with Crippen LogP contribution < -0.4 is 15.5 Å². The molecule has 104 valence electrons. The third-order valence-electron chi connectivity index (χ3n) is 3.43. The van der Waals surface area contributed by atoms with E-state index in [-0.39, 0.29) is 0 Å². The van der Waals surface area contributed by atoms with Crippen LogP contribution >= 0.6 is 12.2 Å². The molecule has 0 amide bonds. The van der Waals surface area contributed by atoms with Gasteiger partial charge in [-0.3, -0.25) is 0 Å². The van der Waals surface area contributed by atoms with E-state index in [0.29, 0.717) is 5.11 Å². The van der Waals surface area contributed by atoms with Crippen molar-refractivity contribution >= 4 is 28.8 Å². The zero-order chi connectivity index (χ0) is 13.8. The van der Waals surface area contributed by atoms with Gasteiger partial charge in [-0.15, -0.1) is 0 Å². The molecule has 1 aliphatic heterocycles. The summed E-state index contributed by atoms with van der Waals surface area (Å²) in [5.74, 6) is 2.53. The van der Waals surface area contributed by atoms with E-state index in [4.69, 9.17) is 12.2 Å². The van der Waals surface area contributed by atoms with E-state index in [1.54, 1.807) is 7.05 Å².